The first-order chi connectivity index (χ1) is 24.5. The van der Waals surface area contributed by atoms with Gasteiger partial charge >= 0.3 is 23.8 Å². The predicted octanol–water partition coefficient (Wildman–Crippen LogP) is 2.79. The Morgan fingerprint density at radius 1 is 0.902 bits per heavy atom. The molecule has 7 N–H and O–H groups in total. The number of H-pyrrole nitrogens is 1. The number of urea groups is 1. The highest BCUT2D eigenvalue weighted by molar-refractivity contribution is 6.40. The molecule has 2 aromatic heterocycles. The van der Waals surface area contributed by atoms with Gasteiger partial charge in [0.25, 0.3) is 0 Å². The number of aromatic amines is 1. The number of fused-ring (bicyclic) bond motifs is 1. The van der Waals surface area contributed by atoms with Crippen molar-refractivity contribution in [2.24, 2.45) is 0 Å². The van der Waals surface area contributed by atoms with Gasteiger partial charge in [-0.25, -0.2) is 9.59 Å². The van der Waals surface area contributed by atoms with E-state index >= 15 is 0 Å². The quantitative estimate of drug-likeness (QED) is 0.110. The SMILES string of the molecule is O=C(Nc1cc(Cl)ccc1-n1cnnn1)C(=O)NC(Cc1ccc(NC(=O)N2CCC(O)CC2)cc1)C(=O)Nc1ccc2[nH]c(C(=O)O)cc2c1. The van der Waals surface area contributed by atoms with Crippen LogP contribution in [0, 0.1) is 0 Å². The average Bonchev–Trinajstić information content (AvgIpc) is 3.80. The van der Waals surface area contributed by atoms with Crippen molar-refractivity contribution in [2.45, 2.75) is 31.4 Å². The Balaban J connectivity index is 1.18. The zero-order chi connectivity index (χ0) is 36.1. The van der Waals surface area contributed by atoms with Gasteiger partial charge in [0, 0.05) is 46.8 Å². The van der Waals surface area contributed by atoms with Gasteiger partial charge in [-0.1, -0.05) is 23.7 Å². The first-order valence-electron chi connectivity index (χ1n) is 15.7. The van der Waals surface area contributed by atoms with Crippen LogP contribution in [-0.2, 0) is 20.8 Å². The maximum atomic E-state index is 13.7. The minimum atomic E-state index is -1.27. The van der Waals surface area contributed by atoms with Crippen LogP contribution in [0.5, 0.6) is 0 Å². The molecule has 0 bridgehead atoms. The summed E-state index contributed by atoms with van der Waals surface area (Å²) in [6, 6.07) is 15.7. The summed E-state index contributed by atoms with van der Waals surface area (Å²) in [6.45, 7) is 0.867. The van der Waals surface area contributed by atoms with Gasteiger partial charge in [-0.3, -0.25) is 14.4 Å². The van der Waals surface area contributed by atoms with E-state index in [1.54, 1.807) is 59.5 Å². The number of aliphatic hydroxyl groups excluding tert-OH is 1. The summed E-state index contributed by atoms with van der Waals surface area (Å²) in [5.74, 6) is -4.02. The van der Waals surface area contributed by atoms with Crippen molar-refractivity contribution in [3.63, 3.8) is 0 Å². The third-order valence-electron chi connectivity index (χ3n) is 8.15. The topological polar surface area (TPSA) is 237 Å². The van der Waals surface area contributed by atoms with Crippen molar-refractivity contribution < 1.29 is 34.2 Å². The van der Waals surface area contributed by atoms with Gasteiger partial charge in [-0.05, 0) is 83.4 Å². The molecule has 3 heterocycles. The van der Waals surface area contributed by atoms with Gasteiger partial charge in [-0.15, -0.1) is 5.10 Å². The number of carbonyl (C=O) groups is 5. The molecule has 0 saturated carbocycles. The zero-order valence-corrected chi connectivity index (χ0v) is 27.4. The third-order valence-corrected chi connectivity index (χ3v) is 8.38. The van der Waals surface area contributed by atoms with Crippen LogP contribution < -0.4 is 21.3 Å². The number of aromatic carboxylic acids is 1. The van der Waals surface area contributed by atoms with Crippen LogP contribution in [0.25, 0.3) is 16.6 Å². The Kier molecular flexibility index (Phi) is 10.2. The second kappa shape index (κ2) is 15.1. The third kappa shape index (κ3) is 8.46. The molecular weight excluding hydrogens is 684 g/mol. The lowest BCUT2D eigenvalue weighted by atomic mass is 10.0. The lowest BCUT2D eigenvalue weighted by molar-refractivity contribution is -0.137. The number of nitrogens with zero attached hydrogens (tertiary/aromatic N) is 5. The van der Waals surface area contributed by atoms with Gasteiger partial charge in [-0.2, -0.15) is 4.68 Å². The number of hydrogen-bond donors (Lipinski definition) is 7. The second-order valence-electron chi connectivity index (χ2n) is 11.7. The summed E-state index contributed by atoms with van der Waals surface area (Å²) in [6.07, 6.45) is 1.83. The number of benzene rings is 3. The van der Waals surface area contributed by atoms with Gasteiger partial charge < -0.3 is 41.4 Å². The fraction of sp³-hybridized carbons (Fsp3) is 0.212. The molecule has 5 aromatic rings. The molecule has 17 nitrogen and oxygen atoms in total. The van der Waals surface area contributed by atoms with Gasteiger partial charge in [0.1, 0.15) is 18.1 Å². The first-order valence-corrected chi connectivity index (χ1v) is 16.0. The summed E-state index contributed by atoms with van der Waals surface area (Å²) in [7, 11) is 0. The second-order valence-corrected chi connectivity index (χ2v) is 12.2. The summed E-state index contributed by atoms with van der Waals surface area (Å²) in [5.41, 5.74) is 2.39. The highest BCUT2D eigenvalue weighted by Crippen LogP contribution is 2.24. The van der Waals surface area contributed by atoms with Crippen molar-refractivity contribution in [2.75, 3.05) is 29.0 Å². The van der Waals surface area contributed by atoms with Crippen LogP contribution in [0.1, 0.15) is 28.9 Å². The maximum absolute atomic E-state index is 13.7. The molecule has 1 aliphatic heterocycles. The molecule has 51 heavy (non-hydrogen) atoms. The van der Waals surface area contributed by atoms with Crippen LogP contribution in [-0.4, -0.2) is 95.3 Å². The highest BCUT2D eigenvalue weighted by atomic mass is 35.5. The van der Waals surface area contributed by atoms with Crippen LogP contribution >= 0.6 is 11.6 Å². The molecule has 0 spiro atoms. The van der Waals surface area contributed by atoms with Crippen LogP contribution in [0.3, 0.4) is 0 Å². The molecule has 18 heteroatoms. The van der Waals surface area contributed by atoms with Crippen LogP contribution in [0.2, 0.25) is 5.02 Å². The van der Waals surface area contributed by atoms with E-state index in [1.807, 2.05) is 0 Å². The monoisotopic (exact) mass is 714 g/mol. The van der Waals surface area contributed by atoms with Crippen molar-refractivity contribution in [3.8, 4) is 5.69 Å². The smallest absolute Gasteiger partial charge is 0.352 e. The maximum Gasteiger partial charge on any atom is 0.352 e. The predicted molar refractivity (Wildman–Crippen MR) is 185 cm³/mol. The molecule has 1 aliphatic rings. The number of piperidine rings is 1. The number of amides is 5. The van der Waals surface area contributed by atoms with E-state index in [-0.39, 0.29) is 28.9 Å². The number of hydrogen-bond acceptors (Lipinski definition) is 9. The number of carbonyl (C=O) groups excluding carboxylic acids is 4. The molecule has 1 fully saturated rings. The van der Waals surface area contributed by atoms with E-state index < -0.39 is 35.8 Å². The molecule has 3 aromatic carbocycles. The number of aliphatic hydroxyl groups is 1. The van der Waals surface area contributed by atoms with E-state index in [9.17, 15) is 34.2 Å². The number of aromatic nitrogens is 5. The summed E-state index contributed by atoms with van der Waals surface area (Å²) < 4.78 is 1.27. The lowest BCUT2D eigenvalue weighted by Gasteiger charge is -2.29. The fourth-order valence-electron chi connectivity index (χ4n) is 5.48. The Bertz CT molecular complexity index is 2090. The molecule has 0 aliphatic carbocycles. The molecule has 1 atom stereocenters. The number of tetrazole rings is 1. The number of carboxylic acids is 1. The lowest BCUT2D eigenvalue weighted by Crippen LogP contribution is -2.49. The number of nitrogens with one attached hydrogen (secondary N) is 5. The van der Waals surface area contributed by atoms with Crippen molar-refractivity contribution >= 4 is 69.3 Å². The van der Waals surface area contributed by atoms with Crippen LogP contribution in [0.4, 0.5) is 21.9 Å². The number of likely N-dealkylation sites (tertiary alicyclic amines) is 1. The minimum Gasteiger partial charge on any atom is -0.477 e. The van der Waals surface area contributed by atoms with E-state index in [1.165, 1.54) is 23.1 Å². The molecule has 262 valence electrons. The van der Waals surface area contributed by atoms with Crippen molar-refractivity contribution in [1.29, 1.82) is 0 Å². The molecule has 1 unspecified atom stereocenters. The molecule has 1 saturated heterocycles. The molecule has 6 rings (SSSR count). The standard InChI is InChI=1S/C33H31ClN10O7/c34-20-3-8-28(44-17-35-41-42-44)25(16-20)39-30(47)31(48)40-26(29(46)36-22-6-7-24-19(14-22)15-27(38-24)32(49)50)13-18-1-4-21(5-2-18)37-33(51)43-11-9-23(45)10-12-43/h1-8,14-17,23,26,38,45H,9-13H2,(H,36,46)(H,37,51)(H,39,47)(H,40,48)(H,49,50). The molecular formula is C33H31ClN10O7. The minimum absolute atomic E-state index is 0.0260. The molecule has 0 radical (unpaired) electrons. The normalized spacial score (nSPS) is 13.7. The number of rotatable bonds is 9. The van der Waals surface area contributed by atoms with Gasteiger partial charge in [0.15, 0.2) is 0 Å². The summed E-state index contributed by atoms with van der Waals surface area (Å²) >= 11 is 6.14. The van der Waals surface area contributed by atoms with Gasteiger partial charge in [0.05, 0.1) is 17.5 Å². The Morgan fingerprint density at radius 2 is 1.65 bits per heavy atom. The molecule has 5 amide bonds. The Morgan fingerprint density at radius 3 is 2.35 bits per heavy atom. The van der Waals surface area contributed by atoms with E-state index in [0.717, 1.165) is 0 Å². The Hall–Kier alpha value is -6.33. The number of anilines is 3. The zero-order valence-electron chi connectivity index (χ0n) is 26.7. The van der Waals surface area contributed by atoms with Gasteiger partial charge in [0.2, 0.25) is 5.91 Å². The fourth-order valence-corrected chi connectivity index (χ4v) is 5.65. The number of halogens is 1. The van der Waals surface area contributed by atoms with E-state index in [2.05, 4.69) is 41.8 Å². The first kappa shape index (κ1) is 34.5. The van der Waals surface area contributed by atoms with E-state index in [0.29, 0.717) is 59.5 Å². The largest absolute Gasteiger partial charge is 0.477 e. The number of carboxylic acid groups (broad SMARTS) is 1. The van der Waals surface area contributed by atoms with Crippen LogP contribution in [0.15, 0.2) is 73.1 Å². The van der Waals surface area contributed by atoms with Crippen molar-refractivity contribution in [1.82, 2.24) is 35.4 Å². The summed E-state index contributed by atoms with van der Waals surface area (Å²) in [4.78, 5) is 68.5. The van der Waals surface area contributed by atoms with Crippen molar-refractivity contribution in [3.05, 3.63) is 89.3 Å². The highest BCUT2D eigenvalue weighted by Gasteiger charge is 2.27. The van der Waals surface area contributed by atoms with E-state index in [4.69, 9.17) is 11.6 Å². The Labute approximate surface area is 294 Å². The average molecular weight is 715 g/mol. The summed E-state index contributed by atoms with van der Waals surface area (Å²) in [5, 5.41) is 41.3.